The average Bonchev–Trinajstić information content (AvgIpc) is 2.51. The molecule has 2 aliphatic heterocycles. The van der Waals surface area contributed by atoms with E-state index in [0.717, 1.165) is 18.0 Å². The third-order valence-corrected chi connectivity index (χ3v) is 4.94. The zero-order chi connectivity index (χ0) is 10.8. The molecule has 0 aromatic heterocycles. The van der Waals surface area contributed by atoms with Crippen LogP contribution in [-0.4, -0.2) is 36.6 Å². The Bertz CT molecular complexity index is 221. The Balaban J connectivity index is 1.53. The van der Waals surface area contributed by atoms with Crippen LogP contribution in [0.25, 0.3) is 0 Å². The third kappa shape index (κ3) is 2.43. The van der Waals surface area contributed by atoms with E-state index in [9.17, 15) is 0 Å². The smallest absolute Gasteiger partial charge is 0.0123 e. The summed E-state index contributed by atoms with van der Waals surface area (Å²) in [5, 5.41) is 4.00. The summed E-state index contributed by atoms with van der Waals surface area (Å²) < 4.78 is 0. The fraction of sp³-hybridized carbons (Fsp3) is 1.00. The number of nitrogens with zero attached hydrogens (tertiary/aromatic N) is 1. The van der Waals surface area contributed by atoms with Gasteiger partial charge in [0.25, 0.3) is 0 Å². The molecule has 3 aliphatic rings. The molecule has 92 valence electrons. The van der Waals surface area contributed by atoms with Crippen LogP contribution in [-0.2, 0) is 0 Å². The molecule has 2 heterocycles. The molecular weight excluding hydrogens is 196 g/mol. The molecule has 1 saturated carbocycles. The van der Waals surface area contributed by atoms with Crippen LogP contribution in [0.1, 0.15) is 51.4 Å². The first-order valence-electron chi connectivity index (χ1n) is 7.40. The molecule has 2 nitrogen and oxygen atoms in total. The van der Waals surface area contributed by atoms with Crippen molar-refractivity contribution >= 4 is 0 Å². The van der Waals surface area contributed by atoms with Crippen molar-refractivity contribution < 1.29 is 0 Å². The number of hydrogen-bond donors (Lipinski definition) is 1. The molecule has 0 aromatic rings. The van der Waals surface area contributed by atoms with Crippen LogP contribution < -0.4 is 5.32 Å². The fourth-order valence-electron chi connectivity index (χ4n) is 3.92. The normalized spacial score (nSPS) is 40.9. The quantitative estimate of drug-likeness (QED) is 0.722. The number of rotatable bonds is 2. The fourth-order valence-corrected chi connectivity index (χ4v) is 3.92. The van der Waals surface area contributed by atoms with Crippen LogP contribution in [0.15, 0.2) is 0 Å². The summed E-state index contributed by atoms with van der Waals surface area (Å²) >= 11 is 0. The van der Waals surface area contributed by atoms with Crippen molar-refractivity contribution in [3.05, 3.63) is 0 Å². The maximum absolute atomic E-state index is 4.00. The van der Waals surface area contributed by atoms with E-state index in [2.05, 4.69) is 10.2 Å². The van der Waals surface area contributed by atoms with Crippen LogP contribution in [0.4, 0.5) is 0 Å². The maximum atomic E-state index is 4.00. The van der Waals surface area contributed by atoms with E-state index in [1.807, 2.05) is 0 Å². The zero-order valence-electron chi connectivity index (χ0n) is 10.5. The minimum absolute atomic E-state index is 0.847. The molecule has 0 spiro atoms. The molecule has 1 N–H and O–H groups in total. The molecule has 0 amide bonds. The van der Waals surface area contributed by atoms with Gasteiger partial charge in [0.2, 0.25) is 0 Å². The lowest BCUT2D eigenvalue weighted by Gasteiger charge is -2.34. The van der Waals surface area contributed by atoms with Gasteiger partial charge in [-0.3, -0.25) is 0 Å². The number of piperidine rings is 1. The molecular formula is C14H26N2. The number of hydrogen-bond acceptors (Lipinski definition) is 2. The first kappa shape index (κ1) is 11.0. The largest absolute Gasteiger partial charge is 0.311 e. The van der Waals surface area contributed by atoms with Gasteiger partial charge in [-0.2, -0.15) is 0 Å². The minimum atomic E-state index is 0.847. The van der Waals surface area contributed by atoms with Gasteiger partial charge in [0, 0.05) is 18.6 Å². The van der Waals surface area contributed by atoms with Gasteiger partial charge >= 0.3 is 0 Å². The number of nitrogens with one attached hydrogen (secondary N) is 1. The van der Waals surface area contributed by atoms with E-state index < -0.39 is 0 Å². The van der Waals surface area contributed by atoms with Crippen LogP contribution in [0.5, 0.6) is 0 Å². The standard InChI is InChI=1S/C14H26N2/c1-2-4-6-13(5-3-1)15-14-8-10-16-9-7-12(14)11-16/h12-15H,1-11H2. The van der Waals surface area contributed by atoms with Crippen molar-refractivity contribution in [1.82, 2.24) is 10.2 Å². The van der Waals surface area contributed by atoms with Crippen molar-refractivity contribution in [1.29, 1.82) is 0 Å². The highest BCUT2D eigenvalue weighted by Crippen LogP contribution is 2.28. The molecule has 16 heavy (non-hydrogen) atoms. The lowest BCUT2D eigenvalue weighted by atomic mass is 9.92. The van der Waals surface area contributed by atoms with E-state index >= 15 is 0 Å². The molecule has 0 aromatic carbocycles. The minimum Gasteiger partial charge on any atom is -0.311 e. The highest BCUT2D eigenvalue weighted by molar-refractivity contribution is 4.92. The van der Waals surface area contributed by atoms with Gasteiger partial charge < -0.3 is 10.2 Å². The highest BCUT2D eigenvalue weighted by Gasteiger charge is 2.34. The van der Waals surface area contributed by atoms with Gasteiger partial charge in [0.15, 0.2) is 0 Å². The van der Waals surface area contributed by atoms with E-state index in [1.165, 1.54) is 71.0 Å². The number of fused-ring (bicyclic) bond motifs is 2. The monoisotopic (exact) mass is 222 g/mol. The molecule has 0 radical (unpaired) electrons. The first-order chi connectivity index (χ1) is 7.92. The van der Waals surface area contributed by atoms with Crippen LogP contribution in [0.3, 0.4) is 0 Å². The van der Waals surface area contributed by atoms with Gasteiger partial charge in [0.1, 0.15) is 0 Å². The summed E-state index contributed by atoms with van der Waals surface area (Å²) in [5.74, 6) is 0.969. The zero-order valence-corrected chi connectivity index (χ0v) is 10.5. The second-order valence-corrected chi connectivity index (χ2v) is 6.10. The predicted molar refractivity (Wildman–Crippen MR) is 67.6 cm³/mol. The first-order valence-corrected chi connectivity index (χ1v) is 7.40. The van der Waals surface area contributed by atoms with E-state index in [4.69, 9.17) is 0 Å². The van der Waals surface area contributed by atoms with Crippen molar-refractivity contribution in [3.8, 4) is 0 Å². The Kier molecular flexibility index (Phi) is 3.49. The van der Waals surface area contributed by atoms with Crippen molar-refractivity contribution in [2.24, 2.45) is 5.92 Å². The van der Waals surface area contributed by atoms with E-state index in [-0.39, 0.29) is 0 Å². The molecule has 1 aliphatic carbocycles. The van der Waals surface area contributed by atoms with E-state index in [1.54, 1.807) is 0 Å². The predicted octanol–water partition coefficient (Wildman–Crippen LogP) is 2.39. The molecule has 3 unspecified atom stereocenters. The van der Waals surface area contributed by atoms with Gasteiger partial charge in [-0.25, -0.2) is 0 Å². The second-order valence-electron chi connectivity index (χ2n) is 6.10. The van der Waals surface area contributed by atoms with Crippen molar-refractivity contribution in [2.45, 2.75) is 63.5 Å². The van der Waals surface area contributed by atoms with Crippen LogP contribution >= 0.6 is 0 Å². The molecule has 3 atom stereocenters. The molecule has 3 fully saturated rings. The van der Waals surface area contributed by atoms with Gasteiger partial charge in [-0.1, -0.05) is 25.7 Å². The van der Waals surface area contributed by atoms with Gasteiger partial charge in [0.05, 0.1) is 0 Å². The Morgan fingerprint density at radius 2 is 1.56 bits per heavy atom. The third-order valence-electron chi connectivity index (χ3n) is 4.94. The lowest BCUT2D eigenvalue weighted by Crippen LogP contribution is -2.47. The molecule has 3 rings (SSSR count). The molecule has 2 heteroatoms. The van der Waals surface area contributed by atoms with E-state index in [0.29, 0.717) is 0 Å². The van der Waals surface area contributed by atoms with Crippen molar-refractivity contribution in [2.75, 3.05) is 19.6 Å². The summed E-state index contributed by atoms with van der Waals surface area (Å²) in [6.45, 7) is 4.10. The summed E-state index contributed by atoms with van der Waals surface area (Å²) in [4.78, 5) is 2.65. The SMILES string of the molecule is C1CCCC(NC2CCN3CCC2C3)CC1. The summed E-state index contributed by atoms with van der Waals surface area (Å²) in [6, 6.07) is 1.70. The van der Waals surface area contributed by atoms with Gasteiger partial charge in [-0.15, -0.1) is 0 Å². The van der Waals surface area contributed by atoms with Gasteiger partial charge in [-0.05, 0) is 44.7 Å². The van der Waals surface area contributed by atoms with Crippen molar-refractivity contribution in [3.63, 3.8) is 0 Å². The topological polar surface area (TPSA) is 15.3 Å². The Labute approximate surface area is 99.8 Å². The van der Waals surface area contributed by atoms with Crippen LogP contribution in [0, 0.1) is 5.92 Å². The Hall–Kier alpha value is -0.0800. The van der Waals surface area contributed by atoms with Crippen LogP contribution in [0.2, 0.25) is 0 Å². The molecule has 2 bridgehead atoms. The second kappa shape index (κ2) is 5.05. The summed E-state index contributed by atoms with van der Waals surface area (Å²) in [7, 11) is 0. The summed E-state index contributed by atoms with van der Waals surface area (Å²) in [6.07, 6.45) is 11.6. The lowest BCUT2D eigenvalue weighted by molar-refractivity contribution is 0.205. The molecule has 2 saturated heterocycles. The maximum Gasteiger partial charge on any atom is 0.0123 e. The Morgan fingerprint density at radius 3 is 2.38 bits per heavy atom. The average molecular weight is 222 g/mol. The Morgan fingerprint density at radius 1 is 0.812 bits per heavy atom. The highest BCUT2D eigenvalue weighted by atomic mass is 15.2. The summed E-state index contributed by atoms with van der Waals surface area (Å²) in [5.41, 5.74) is 0.